The summed E-state index contributed by atoms with van der Waals surface area (Å²) in [6.07, 6.45) is 4.81. The molecule has 1 amide bonds. The Labute approximate surface area is 293 Å². The SMILES string of the molecule is COC(=O)C1CCN(c2ncccc2NC(=O)c2[nH]c3cc(Cl)ccc3c2-c2c(-c3ccccc3)ncn2C(C)c2ccc(Cl)cc2)CC1. The van der Waals surface area contributed by atoms with E-state index < -0.39 is 0 Å². The van der Waals surface area contributed by atoms with Gasteiger partial charge >= 0.3 is 5.97 Å². The summed E-state index contributed by atoms with van der Waals surface area (Å²) in [7, 11) is 1.42. The molecular formula is C38H34Cl2N6O3. The first-order valence-electron chi connectivity index (χ1n) is 16.1. The number of carbonyl (C=O) groups excluding carboxylic acids is 2. The number of esters is 1. The number of carbonyl (C=O) groups is 2. The van der Waals surface area contributed by atoms with Crippen LogP contribution in [0.15, 0.2) is 97.5 Å². The Bertz CT molecular complexity index is 2140. The normalized spacial score (nSPS) is 14.2. The van der Waals surface area contributed by atoms with Crippen LogP contribution in [0.2, 0.25) is 10.0 Å². The lowest BCUT2D eigenvalue weighted by atomic mass is 9.97. The Morgan fingerprint density at radius 1 is 0.939 bits per heavy atom. The van der Waals surface area contributed by atoms with Crippen LogP contribution in [0.1, 0.15) is 41.9 Å². The second kappa shape index (κ2) is 13.8. The fourth-order valence-electron chi connectivity index (χ4n) is 6.62. The van der Waals surface area contributed by atoms with E-state index in [1.807, 2.05) is 85.2 Å². The van der Waals surface area contributed by atoms with Crippen LogP contribution in [0, 0.1) is 5.92 Å². The summed E-state index contributed by atoms with van der Waals surface area (Å²) in [4.78, 5) is 41.7. The lowest BCUT2D eigenvalue weighted by Gasteiger charge is -2.32. The topological polar surface area (TPSA) is 105 Å². The molecule has 248 valence electrons. The van der Waals surface area contributed by atoms with Crippen molar-refractivity contribution in [2.75, 3.05) is 30.4 Å². The number of hydrogen-bond donors (Lipinski definition) is 2. The molecule has 2 N–H and O–H groups in total. The highest BCUT2D eigenvalue weighted by Crippen LogP contribution is 2.42. The minimum atomic E-state index is -0.341. The first kappa shape index (κ1) is 32.4. The molecule has 49 heavy (non-hydrogen) atoms. The second-order valence-corrected chi connectivity index (χ2v) is 13.0. The van der Waals surface area contributed by atoms with Crippen LogP contribution in [0.25, 0.3) is 33.4 Å². The van der Waals surface area contributed by atoms with Gasteiger partial charge in [0, 0.05) is 51.4 Å². The predicted molar refractivity (Wildman–Crippen MR) is 194 cm³/mol. The van der Waals surface area contributed by atoms with Crippen molar-refractivity contribution in [3.63, 3.8) is 0 Å². The van der Waals surface area contributed by atoms with Gasteiger partial charge in [-0.25, -0.2) is 9.97 Å². The fourth-order valence-corrected chi connectivity index (χ4v) is 6.92. The molecular weight excluding hydrogens is 659 g/mol. The molecule has 4 heterocycles. The van der Waals surface area contributed by atoms with Gasteiger partial charge in [-0.15, -0.1) is 0 Å². The van der Waals surface area contributed by atoms with E-state index in [-0.39, 0.29) is 23.8 Å². The van der Waals surface area contributed by atoms with Gasteiger partial charge in [0.05, 0.1) is 42.5 Å². The summed E-state index contributed by atoms with van der Waals surface area (Å²) < 4.78 is 7.06. The predicted octanol–water partition coefficient (Wildman–Crippen LogP) is 8.65. The van der Waals surface area contributed by atoms with E-state index in [0.717, 1.165) is 33.4 Å². The number of methoxy groups -OCH3 is 1. The maximum Gasteiger partial charge on any atom is 0.308 e. The van der Waals surface area contributed by atoms with Crippen molar-refractivity contribution in [2.24, 2.45) is 5.92 Å². The van der Waals surface area contributed by atoms with Crippen LogP contribution in [0.5, 0.6) is 0 Å². The molecule has 3 aromatic heterocycles. The highest BCUT2D eigenvalue weighted by molar-refractivity contribution is 6.31. The van der Waals surface area contributed by atoms with Crippen LogP contribution in [-0.2, 0) is 9.53 Å². The summed E-state index contributed by atoms with van der Waals surface area (Å²) in [6.45, 7) is 3.32. The van der Waals surface area contributed by atoms with E-state index >= 15 is 0 Å². The third kappa shape index (κ3) is 6.39. The lowest BCUT2D eigenvalue weighted by Crippen LogP contribution is -2.37. The number of amides is 1. The Morgan fingerprint density at radius 2 is 1.67 bits per heavy atom. The highest BCUT2D eigenvalue weighted by Gasteiger charge is 2.30. The van der Waals surface area contributed by atoms with Gasteiger partial charge in [0.25, 0.3) is 5.91 Å². The molecule has 1 aliphatic heterocycles. The molecule has 1 aliphatic rings. The Balaban J connectivity index is 1.33. The average Bonchev–Trinajstić information content (AvgIpc) is 3.73. The zero-order valence-electron chi connectivity index (χ0n) is 27.0. The molecule has 11 heteroatoms. The van der Waals surface area contributed by atoms with Crippen molar-refractivity contribution >= 4 is 57.5 Å². The van der Waals surface area contributed by atoms with Gasteiger partial charge in [-0.3, -0.25) is 9.59 Å². The quantitative estimate of drug-likeness (QED) is 0.155. The Morgan fingerprint density at radius 3 is 2.41 bits per heavy atom. The van der Waals surface area contributed by atoms with Crippen LogP contribution in [0.3, 0.4) is 0 Å². The number of imidazole rings is 1. The van der Waals surface area contributed by atoms with Gasteiger partial charge in [-0.1, -0.05) is 71.7 Å². The monoisotopic (exact) mass is 692 g/mol. The van der Waals surface area contributed by atoms with Gasteiger partial charge in [-0.05, 0) is 61.7 Å². The standard InChI is InChI=1S/C38H34Cl2N6O3/c1-23(24-10-12-27(39)13-11-24)46-22-42-33(25-7-4-3-5-8-25)35(46)32-29-15-14-28(40)21-31(29)43-34(32)37(47)44-30-9-6-18-41-36(30)45-19-16-26(17-20-45)38(48)49-2/h3-15,18,21-23,26,43H,16-17,19-20H2,1-2H3,(H,44,47). The molecule has 0 aliphatic carbocycles. The van der Waals surface area contributed by atoms with Gasteiger partial charge in [0.15, 0.2) is 5.82 Å². The summed E-state index contributed by atoms with van der Waals surface area (Å²) in [5.41, 5.74) is 5.81. The van der Waals surface area contributed by atoms with Crippen LogP contribution >= 0.6 is 23.2 Å². The lowest BCUT2D eigenvalue weighted by molar-refractivity contribution is -0.146. The number of piperidine rings is 1. The number of nitrogens with one attached hydrogen (secondary N) is 2. The number of fused-ring (bicyclic) bond motifs is 1. The maximum atomic E-state index is 14.5. The molecule has 1 atom stereocenters. The number of aromatic amines is 1. The number of aromatic nitrogens is 4. The van der Waals surface area contributed by atoms with Crippen LogP contribution < -0.4 is 10.2 Å². The number of nitrogens with zero attached hydrogens (tertiary/aromatic N) is 4. The highest BCUT2D eigenvalue weighted by atomic mass is 35.5. The molecule has 0 radical (unpaired) electrons. The molecule has 3 aromatic carbocycles. The molecule has 9 nitrogen and oxygen atoms in total. The van der Waals surface area contributed by atoms with Gasteiger partial charge in [-0.2, -0.15) is 0 Å². The number of rotatable bonds is 8. The molecule has 0 saturated carbocycles. The fraction of sp³-hybridized carbons (Fsp3) is 0.211. The number of hydrogen-bond acceptors (Lipinski definition) is 6. The molecule has 1 fully saturated rings. The second-order valence-electron chi connectivity index (χ2n) is 12.1. The first-order valence-corrected chi connectivity index (χ1v) is 16.9. The minimum Gasteiger partial charge on any atom is -0.469 e. The third-order valence-electron chi connectivity index (χ3n) is 9.20. The number of H-pyrrole nitrogens is 1. The summed E-state index contributed by atoms with van der Waals surface area (Å²) >= 11 is 12.7. The molecule has 6 aromatic rings. The molecule has 0 bridgehead atoms. The molecule has 1 saturated heterocycles. The molecule has 7 rings (SSSR count). The largest absolute Gasteiger partial charge is 0.469 e. The number of benzene rings is 3. The zero-order chi connectivity index (χ0) is 34.1. The van der Waals surface area contributed by atoms with Gasteiger partial charge in [0.2, 0.25) is 0 Å². The van der Waals surface area contributed by atoms with Crippen molar-refractivity contribution < 1.29 is 14.3 Å². The first-order chi connectivity index (χ1) is 23.8. The summed E-state index contributed by atoms with van der Waals surface area (Å²) in [5.74, 6) is -0.0408. The van der Waals surface area contributed by atoms with Crippen molar-refractivity contribution in [3.05, 3.63) is 119 Å². The molecule has 0 spiro atoms. The summed E-state index contributed by atoms with van der Waals surface area (Å²) in [5, 5.41) is 5.18. The Hall–Kier alpha value is -5.12. The zero-order valence-corrected chi connectivity index (χ0v) is 28.5. The van der Waals surface area contributed by atoms with Crippen molar-refractivity contribution in [1.82, 2.24) is 19.5 Å². The third-order valence-corrected chi connectivity index (χ3v) is 9.69. The van der Waals surface area contributed by atoms with E-state index in [4.69, 9.17) is 32.9 Å². The Kier molecular flexibility index (Phi) is 9.12. The van der Waals surface area contributed by atoms with E-state index in [1.165, 1.54) is 7.11 Å². The van der Waals surface area contributed by atoms with Crippen molar-refractivity contribution in [3.8, 4) is 22.5 Å². The number of anilines is 2. The minimum absolute atomic E-state index is 0.150. The van der Waals surface area contributed by atoms with E-state index in [1.54, 1.807) is 12.3 Å². The van der Waals surface area contributed by atoms with Crippen LogP contribution in [0.4, 0.5) is 11.5 Å². The summed E-state index contributed by atoms with van der Waals surface area (Å²) in [6, 6.07) is 26.7. The number of ether oxygens (including phenoxy) is 1. The van der Waals surface area contributed by atoms with Crippen LogP contribution in [-0.4, -0.2) is 51.6 Å². The molecule has 1 unspecified atom stereocenters. The maximum absolute atomic E-state index is 14.5. The van der Waals surface area contributed by atoms with Crippen molar-refractivity contribution in [1.29, 1.82) is 0 Å². The van der Waals surface area contributed by atoms with Crippen molar-refractivity contribution in [2.45, 2.75) is 25.8 Å². The number of halogens is 2. The van der Waals surface area contributed by atoms with E-state index in [2.05, 4.69) is 31.7 Å². The van der Waals surface area contributed by atoms with E-state index in [9.17, 15) is 9.59 Å². The smallest absolute Gasteiger partial charge is 0.308 e. The van der Waals surface area contributed by atoms with Gasteiger partial charge < -0.3 is 24.5 Å². The van der Waals surface area contributed by atoms with E-state index in [0.29, 0.717) is 58.7 Å². The average molecular weight is 694 g/mol. The number of pyridine rings is 1. The van der Waals surface area contributed by atoms with Gasteiger partial charge in [0.1, 0.15) is 5.69 Å².